The highest BCUT2D eigenvalue weighted by molar-refractivity contribution is 7.99. The van der Waals surface area contributed by atoms with Crippen LogP contribution in [-0.2, 0) is 0 Å². The van der Waals surface area contributed by atoms with Crippen LogP contribution in [0.3, 0.4) is 0 Å². The van der Waals surface area contributed by atoms with E-state index in [9.17, 15) is 0 Å². The molecule has 0 aliphatic rings. The highest BCUT2D eigenvalue weighted by atomic mass is 32.2. The second kappa shape index (κ2) is 4.19. The second-order valence-corrected chi connectivity index (χ2v) is 4.99. The third kappa shape index (κ3) is 1.79. The van der Waals surface area contributed by atoms with Gasteiger partial charge in [0.15, 0.2) is 0 Å². The molecule has 0 aromatic carbocycles. The van der Waals surface area contributed by atoms with Crippen molar-refractivity contribution in [1.29, 1.82) is 0 Å². The minimum Gasteiger partial charge on any atom is -0.250 e. The first kappa shape index (κ1) is 9.74. The molecule has 78 valence electrons. The van der Waals surface area contributed by atoms with Gasteiger partial charge in [0.1, 0.15) is 21.2 Å². The molecule has 0 spiro atoms. The summed E-state index contributed by atoms with van der Waals surface area (Å²) < 4.78 is 0. The molecule has 0 radical (unpaired) electrons. The van der Waals surface area contributed by atoms with E-state index in [0.717, 1.165) is 20.3 Å². The van der Waals surface area contributed by atoms with Crippen LogP contribution in [0.4, 0.5) is 0 Å². The SMILES string of the molecule is c1ccc(Sc2ncnc3sccc23)nc1. The summed E-state index contributed by atoms with van der Waals surface area (Å²) in [6.07, 6.45) is 3.39. The molecule has 3 heterocycles. The molecule has 0 fully saturated rings. The predicted molar refractivity (Wildman–Crippen MR) is 65.8 cm³/mol. The molecule has 0 bridgehead atoms. The van der Waals surface area contributed by atoms with E-state index in [1.165, 1.54) is 0 Å². The monoisotopic (exact) mass is 245 g/mol. The van der Waals surface area contributed by atoms with Crippen LogP contribution in [-0.4, -0.2) is 15.0 Å². The highest BCUT2D eigenvalue weighted by Crippen LogP contribution is 2.31. The normalized spacial score (nSPS) is 10.8. The first-order chi connectivity index (χ1) is 7.93. The van der Waals surface area contributed by atoms with Gasteiger partial charge in [-0.3, -0.25) is 0 Å². The van der Waals surface area contributed by atoms with Crippen LogP contribution in [0.5, 0.6) is 0 Å². The van der Waals surface area contributed by atoms with Gasteiger partial charge in [-0.05, 0) is 35.3 Å². The van der Waals surface area contributed by atoms with Crippen LogP contribution < -0.4 is 0 Å². The van der Waals surface area contributed by atoms with Crippen LogP contribution in [0.2, 0.25) is 0 Å². The Balaban J connectivity index is 2.04. The second-order valence-electron chi connectivity index (χ2n) is 3.09. The number of hydrogen-bond donors (Lipinski definition) is 0. The van der Waals surface area contributed by atoms with Crippen molar-refractivity contribution in [2.24, 2.45) is 0 Å². The molecule has 0 saturated heterocycles. The molecule has 3 aromatic rings. The Morgan fingerprint density at radius 3 is 2.94 bits per heavy atom. The molecule has 0 saturated carbocycles. The molecular weight excluding hydrogens is 238 g/mol. The van der Waals surface area contributed by atoms with Crippen molar-refractivity contribution >= 4 is 33.3 Å². The number of rotatable bonds is 2. The summed E-state index contributed by atoms with van der Waals surface area (Å²) in [5.74, 6) is 0. The Morgan fingerprint density at radius 2 is 2.06 bits per heavy atom. The summed E-state index contributed by atoms with van der Waals surface area (Å²) in [5, 5.41) is 5.05. The molecule has 16 heavy (non-hydrogen) atoms. The molecule has 3 aromatic heterocycles. The number of pyridine rings is 1. The molecule has 0 aliphatic heterocycles. The average molecular weight is 245 g/mol. The standard InChI is InChI=1S/C11H7N3S2/c1-2-5-12-9(3-1)16-11-8-4-6-15-10(8)13-7-14-11/h1-7H. The molecule has 0 unspecified atom stereocenters. The smallest absolute Gasteiger partial charge is 0.127 e. The van der Waals surface area contributed by atoms with E-state index in [1.807, 2.05) is 29.6 Å². The van der Waals surface area contributed by atoms with Gasteiger partial charge in [0.05, 0.1) is 0 Å². The Labute approximate surface area is 101 Å². The lowest BCUT2D eigenvalue weighted by atomic mass is 10.4. The molecule has 3 nitrogen and oxygen atoms in total. The van der Waals surface area contributed by atoms with E-state index in [1.54, 1.807) is 35.6 Å². The zero-order valence-electron chi connectivity index (χ0n) is 8.20. The lowest BCUT2D eigenvalue weighted by molar-refractivity contribution is 1.08. The van der Waals surface area contributed by atoms with Gasteiger partial charge in [0.2, 0.25) is 0 Å². The van der Waals surface area contributed by atoms with Crippen LogP contribution in [0, 0.1) is 0 Å². The topological polar surface area (TPSA) is 38.7 Å². The minimum atomic E-state index is 0.953. The minimum absolute atomic E-state index is 0.953. The fourth-order valence-electron chi connectivity index (χ4n) is 1.36. The largest absolute Gasteiger partial charge is 0.250 e. The van der Waals surface area contributed by atoms with Gasteiger partial charge in [0.25, 0.3) is 0 Å². The Hall–Kier alpha value is -1.46. The molecule has 3 rings (SSSR count). The van der Waals surface area contributed by atoms with Crippen molar-refractivity contribution < 1.29 is 0 Å². The van der Waals surface area contributed by atoms with Gasteiger partial charge in [-0.25, -0.2) is 15.0 Å². The molecule has 0 N–H and O–H groups in total. The first-order valence-corrected chi connectivity index (χ1v) is 6.40. The van der Waals surface area contributed by atoms with E-state index >= 15 is 0 Å². The maximum atomic E-state index is 4.29. The average Bonchev–Trinajstić information content (AvgIpc) is 2.80. The first-order valence-electron chi connectivity index (χ1n) is 4.70. The van der Waals surface area contributed by atoms with Crippen molar-refractivity contribution in [3.63, 3.8) is 0 Å². The van der Waals surface area contributed by atoms with E-state index in [-0.39, 0.29) is 0 Å². The maximum Gasteiger partial charge on any atom is 0.127 e. The third-order valence-electron chi connectivity index (χ3n) is 2.06. The highest BCUT2D eigenvalue weighted by Gasteiger charge is 2.06. The fourth-order valence-corrected chi connectivity index (χ4v) is 2.99. The van der Waals surface area contributed by atoms with Crippen LogP contribution in [0.15, 0.2) is 52.2 Å². The lowest BCUT2D eigenvalue weighted by Gasteiger charge is -2.00. The molecule has 0 atom stereocenters. The quantitative estimate of drug-likeness (QED) is 0.650. The fraction of sp³-hybridized carbons (Fsp3) is 0. The number of fused-ring (bicyclic) bond motifs is 1. The zero-order chi connectivity index (χ0) is 10.8. The Bertz CT molecular complexity index is 607. The van der Waals surface area contributed by atoms with Crippen LogP contribution in [0.25, 0.3) is 10.2 Å². The van der Waals surface area contributed by atoms with E-state index < -0.39 is 0 Å². The summed E-state index contributed by atoms with van der Waals surface area (Å²) in [5.41, 5.74) is 0. The van der Waals surface area contributed by atoms with E-state index in [4.69, 9.17) is 0 Å². The maximum absolute atomic E-state index is 4.29. The van der Waals surface area contributed by atoms with Crippen molar-refractivity contribution in [2.75, 3.05) is 0 Å². The van der Waals surface area contributed by atoms with Gasteiger partial charge in [0, 0.05) is 11.6 Å². The summed E-state index contributed by atoms with van der Waals surface area (Å²) in [6, 6.07) is 7.90. The summed E-state index contributed by atoms with van der Waals surface area (Å²) in [7, 11) is 0. The van der Waals surface area contributed by atoms with Crippen molar-refractivity contribution in [1.82, 2.24) is 15.0 Å². The molecule has 0 aliphatic carbocycles. The van der Waals surface area contributed by atoms with Gasteiger partial charge in [-0.15, -0.1) is 11.3 Å². The summed E-state index contributed by atoms with van der Waals surface area (Å²) in [4.78, 5) is 13.8. The van der Waals surface area contributed by atoms with Gasteiger partial charge < -0.3 is 0 Å². The van der Waals surface area contributed by atoms with E-state index in [0.29, 0.717) is 0 Å². The van der Waals surface area contributed by atoms with Crippen molar-refractivity contribution in [3.05, 3.63) is 42.2 Å². The van der Waals surface area contributed by atoms with Gasteiger partial charge in [-0.2, -0.15) is 0 Å². The Kier molecular flexibility index (Phi) is 2.55. The Morgan fingerprint density at radius 1 is 1.06 bits per heavy atom. The van der Waals surface area contributed by atoms with Crippen molar-refractivity contribution in [3.8, 4) is 0 Å². The summed E-state index contributed by atoms with van der Waals surface area (Å²) in [6.45, 7) is 0. The van der Waals surface area contributed by atoms with Crippen LogP contribution in [0.1, 0.15) is 0 Å². The summed E-state index contributed by atoms with van der Waals surface area (Å²) >= 11 is 3.19. The van der Waals surface area contributed by atoms with Crippen LogP contribution >= 0.6 is 23.1 Å². The number of hydrogen-bond acceptors (Lipinski definition) is 5. The lowest BCUT2D eigenvalue weighted by Crippen LogP contribution is -1.84. The molecular formula is C11H7N3S2. The van der Waals surface area contributed by atoms with Crippen molar-refractivity contribution in [2.45, 2.75) is 10.1 Å². The third-order valence-corrected chi connectivity index (χ3v) is 3.85. The zero-order valence-corrected chi connectivity index (χ0v) is 9.83. The van der Waals surface area contributed by atoms with E-state index in [2.05, 4.69) is 15.0 Å². The number of aromatic nitrogens is 3. The molecule has 5 heteroatoms. The van der Waals surface area contributed by atoms with Gasteiger partial charge >= 0.3 is 0 Å². The number of nitrogens with zero attached hydrogens (tertiary/aromatic N) is 3. The molecule has 0 amide bonds. The number of thiophene rings is 1. The predicted octanol–water partition coefficient (Wildman–Crippen LogP) is 3.24. The van der Waals surface area contributed by atoms with Gasteiger partial charge in [-0.1, -0.05) is 6.07 Å².